The standard InChI is InChI=1S/C18H16N6O2/c1-10(25)12-4-2-3-11(7-12)9-24-15(26)8-13-16(19)21-17(22-18(13)24)14-5-6-20-23-14/h2-7H,8-9H2,1H3,(H,20,23)(H2,19,21,22). The highest BCUT2D eigenvalue weighted by molar-refractivity contribution is 6.02. The maximum Gasteiger partial charge on any atom is 0.233 e. The number of aromatic amines is 1. The Bertz CT molecular complexity index is 1010. The summed E-state index contributed by atoms with van der Waals surface area (Å²) in [5.41, 5.74) is 8.75. The molecular weight excluding hydrogens is 332 g/mol. The highest BCUT2D eigenvalue weighted by Crippen LogP contribution is 2.33. The Labute approximate surface area is 149 Å². The zero-order chi connectivity index (χ0) is 18.3. The molecule has 0 bridgehead atoms. The second-order valence-electron chi connectivity index (χ2n) is 6.12. The van der Waals surface area contributed by atoms with Crippen LogP contribution in [0.15, 0.2) is 36.5 Å². The fraction of sp³-hybridized carbons (Fsp3) is 0.167. The van der Waals surface area contributed by atoms with Gasteiger partial charge in [0.15, 0.2) is 11.6 Å². The summed E-state index contributed by atoms with van der Waals surface area (Å²) < 4.78 is 0. The fourth-order valence-electron chi connectivity index (χ4n) is 2.98. The summed E-state index contributed by atoms with van der Waals surface area (Å²) in [6.45, 7) is 1.83. The Morgan fingerprint density at radius 1 is 1.31 bits per heavy atom. The highest BCUT2D eigenvalue weighted by Gasteiger charge is 2.32. The Balaban J connectivity index is 1.73. The van der Waals surface area contributed by atoms with Crippen LogP contribution in [0, 0.1) is 0 Å². The van der Waals surface area contributed by atoms with Crippen molar-refractivity contribution in [2.45, 2.75) is 19.9 Å². The number of nitrogen functional groups attached to an aromatic ring is 1. The Morgan fingerprint density at radius 3 is 2.88 bits per heavy atom. The maximum absolute atomic E-state index is 12.5. The number of H-pyrrole nitrogens is 1. The molecule has 0 fully saturated rings. The zero-order valence-electron chi connectivity index (χ0n) is 14.1. The number of nitrogens with zero attached hydrogens (tertiary/aromatic N) is 4. The number of amides is 1. The van der Waals surface area contributed by atoms with Crippen molar-refractivity contribution < 1.29 is 9.59 Å². The van der Waals surface area contributed by atoms with Crippen molar-refractivity contribution in [2.24, 2.45) is 0 Å². The monoisotopic (exact) mass is 348 g/mol. The van der Waals surface area contributed by atoms with Crippen LogP contribution in [0.2, 0.25) is 0 Å². The molecule has 0 radical (unpaired) electrons. The van der Waals surface area contributed by atoms with Crippen molar-refractivity contribution in [2.75, 3.05) is 10.6 Å². The summed E-state index contributed by atoms with van der Waals surface area (Å²) in [6, 6.07) is 8.95. The number of aromatic nitrogens is 4. The molecule has 130 valence electrons. The number of ketones is 1. The number of hydrogen-bond donors (Lipinski definition) is 2. The molecule has 26 heavy (non-hydrogen) atoms. The Morgan fingerprint density at radius 2 is 2.15 bits per heavy atom. The summed E-state index contributed by atoms with van der Waals surface area (Å²) >= 11 is 0. The third kappa shape index (κ3) is 2.71. The molecule has 0 saturated heterocycles. The SMILES string of the molecule is CC(=O)c1cccc(CN2C(=O)Cc3c(N)nc(-c4ccn[nH]4)nc32)c1. The number of anilines is 2. The molecular formula is C18H16N6O2. The molecule has 1 aromatic carbocycles. The minimum absolute atomic E-state index is 0.0203. The molecule has 0 spiro atoms. The van der Waals surface area contributed by atoms with E-state index in [4.69, 9.17) is 5.73 Å². The number of rotatable bonds is 4. The molecule has 1 aliphatic rings. The van der Waals surface area contributed by atoms with Gasteiger partial charge in [-0.2, -0.15) is 5.10 Å². The third-order valence-electron chi connectivity index (χ3n) is 4.32. The average Bonchev–Trinajstić information content (AvgIpc) is 3.25. The third-order valence-corrected chi connectivity index (χ3v) is 4.32. The van der Waals surface area contributed by atoms with Crippen molar-refractivity contribution in [3.05, 3.63) is 53.2 Å². The summed E-state index contributed by atoms with van der Waals surface area (Å²) in [6.07, 6.45) is 1.76. The van der Waals surface area contributed by atoms with Crippen molar-refractivity contribution in [3.63, 3.8) is 0 Å². The topological polar surface area (TPSA) is 118 Å². The Kier molecular flexibility index (Phi) is 3.72. The van der Waals surface area contributed by atoms with Crippen molar-refractivity contribution in [1.29, 1.82) is 0 Å². The van der Waals surface area contributed by atoms with Gasteiger partial charge in [-0.1, -0.05) is 18.2 Å². The molecule has 1 amide bonds. The molecule has 3 heterocycles. The van der Waals surface area contributed by atoms with Crippen LogP contribution in [0.25, 0.3) is 11.5 Å². The number of hydrogen-bond acceptors (Lipinski definition) is 6. The molecule has 8 heteroatoms. The molecule has 3 N–H and O–H groups in total. The van der Waals surface area contributed by atoms with E-state index < -0.39 is 0 Å². The highest BCUT2D eigenvalue weighted by atomic mass is 16.2. The predicted molar refractivity (Wildman–Crippen MR) is 95.4 cm³/mol. The average molecular weight is 348 g/mol. The first-order valence-electron chi connectivity index (χ1n) is 8.09. The van der Waals surface area contributed by atoms with E-state index in [0.717, 1.165) is 5.56 Å². The first-order chi connectivity index (χ1) is 12.5. The van der Waals surface area contributed by atoms with Crippen LogP contribution in [-0.2, 0) is 17.8 Å². The van der Waals surface area contributed by atoms with Crippen molar-refractivity contribution in [1.82, 2.24) is 20.2 Å². The van der Waals surface area contributed by atoms with E-state index in [0.29, 0.717) is 35.0 Å². The number of fused-ring (bicyclic) bond motifs is 1. The van der Waals surface area contributed by atoms with Crippen LogP contribution in [0.1, 0.15) is 28.4 Å². The lowest BCUT2D eigenvalue weighted by Gasteiger charge is -2.17. The number of benzene rings is 1. The summed E-state index contributed by atoms with van der Waals surface area (Å²) in [5, 5.41) is 6.69. The number of carbonyl (C=O) groups is 2. The van der Waals surface area contributed by atoms with Crippen LogP contribution in [0.3, 0.4) is 0 Å². The van der Waals surface area contributed by atoms with Gasteiger partial charge in [0.2, 0.25) is 5.91 Å². The summed E-state index contributed by atoms with van der Waals surface area (Å²) in [7, 11) is 0. The second kappa shape index (κ2) is 6.07. The van der Waals surface area contributed by atoms with E-state index in [1.54, 1.807) is 35.4 Å². The maximum atomic E-state index is 12.5. The van der Waals surface area contributed by atoms with Gasteiger partial charge in [-0.3, -0.25) is 19.6 Å². The largest absolute Gasteiger partial charge is 0.383 e. The molecule has 0 aliphatic carbocycles. The first-order valence-corrected chi connectivity index (χ1v) is 8.09. The van der Waals surface area contributed by atoms with Gasteiger partial charge in [-0.25, -0.2) is 9.97 Å². The Hall–Kier alpha value is -3.55. The number of nitrogens with one attached hydrogen (secondary N) is 1. The molecule has 3 aromatic rings. The van der Waals surface area contributed by atoms with Crippen LogP contribution in [0.4, 0.5) is 11.6 Å². The van der Waals surface area contributed by atoms with Gasteiger partial charge < -0.3 is 5.73 Å². The lowest BCUT2D eigenvalue weighted by atomic mass is 10.1. The van der Waals surface area contributed by atoms with Crippen molar-refractivity contribution >= 4 is 23.3 Å². The van der Waals surface area contributed by atoms with Crippen LogP contribution in [-0.4, -0.2) is 31.9 Å². The number of carbonyl (C=O) groups excluding carboxylic acids is 2. The van der Waals surface area contributed by atoms with Gasteiger partial charge in [0.05, 0.1) is 13.0 Å². The minimum atomic E-state index is -0.101. The predicted octanol–water partition coefficient (Wildman–Crippen LogP) is 1.74. The number of Topliss-reactive ketones (excluding diaryl/α,β-unsaturated/α-hetero) is 1. The van der Waals surface area contributed by atoms with E-state index in [1.165, 1.54) is 6.92 Å². The van der Waals surface area contributed by atoms with Gasteiger partial charge in [0.25, 0.3) is 0 Å². The lowest BCUT2D eigenvalue weighted by molar-refractivity contribution is -0.117. The van der Waals surface area contributed by atoms with E-state index in [9.17, 15) is 9.59 Å². The smallest absolute Gasteiger partial charge is 0.233 e. The normalized spacial score (nSPS) is 13.1. The second-order valence-corrected chi connectivity index (χ2v) is 6.12. The number of nitrogens with two attached hydrogens (primary N) is 1. The van der Waals surface area contributed by atoms with E-state index in [-0.39, 0.29) is 23.9 Å². The van der Waals surface area contributed by atoms with Crippen LogP contribution in [0.5, 0.6) is 0 Å². The fourth-order valence-corrected chi connectivity index (χ4v) is 2.98. The van der Waals surface area contributed by atoms with E-state index in [1.807, 2.05) is 6.07 Å². The van der Waals surface area contributed by atoms with E-state index >= 15 is 0 Å². The van der Waals surface area contributed by atoms with Gasteiger partial charge >= 0.3 is 0 Å². The molecule has 8 nitrogen and oxygen atoms in total. The van der Waals surface area contributed by atoms with Gasteiger partial charge in [-0.05, 0) is 24.6 Å². The van der Waals surface area contributed by atoms with Crippen LogP contribution >= 0.6 is 0 Å². The molecule has 0 unspecified atom stereocenters. The molecule has 4 rings (SSSR count). The van der Waals surface area contributed by atoms with E-state index in [2.05, 4.69) is 20.2 Å². The molecule has 0 saturated carbocycles. The summed E-state index contributed by atoms with van der Waals surface area (Å²) in [5.74, 6) is 1.05. The van der Waals surface area contributed by atoms with Crippen molar-refractivity contribution in [3.8, 4) is 11.5 Å². The van der Waals surface area contributed by atoms with Gasteiger partial charge in [0.1, 0.15) is 17.3 Å². The minimum Gasteiger partial charge on any atom is -0.383 e. The molecule has 2 aromatic heterocycles. The molecule has 1 aliphatic heterocycles. The zero-order valence-corrected chi connectivity index (χ0v) is 14.1. The van der Waals surface area contributed by atoms with Crippen LogP contribution < -0.4 is 10.6 Å². The quantitative estimate of drug-likeness (QED) is 0.693. The molecule has 0 atom stereocenters. The summed E-state index contributed by atoms with van der Waals surface area (Å²) in [4.78, 5) is 34.5. The van der Waals surface area contributed by atoms with Gasteiger partial charge in [-0.15, -0.1) is 0 Å². The first kappa shape index (κ1) is 15.9. The van der Waals surface area contributed by atoms with Gasteiger partial charge in [0, 0.05) is 17.3 Å². The lowest BCUT2D eigenvalue weighted by Crippen LogP contribution is -2.26.